The molecule has 4 heteroatoms. The molecule has 2 aromatic carbocycles. The molecular weight excluding hydrogens is 363 g/mol. The fraction of sp³-hybridized carbons (Fsp3) is 0.240. The van der Waals surface area contributed by atoms with Crippen molar-refractivity contribution < 1.29 is 9.18 Å². The molecule has 29 heavy (non-hydrogen) atoms. The van der Waals surface area contributed by atoms with Gasteiger partial charge in [-0.3, -0.25) is 9.20 Å². The van der Waals surface area contributed by atoms with Crippen molar-refractivity contribution in [1.82, 2.24) is 8.97 Å². The maximum Gasteiger partial charge on any atom is 0.177 e. The summed E-state index contributed by atoms with van der Waals surface area (Å²) in [6.07, 6.45) is 5.16. The summed E-state index contributed by atoms with van der Waals surface area (Å²) < 4.78 is 17.8. The van der Waals surface area contributed by atoms with Crippen LogP contribution < -0.4 is 0 Å². The minimum absolute atomic E-state index is 0.0604. The van der Waals surface area contributed by atoms with Crippen LogP contribution in [0.5, 0.6) is 0 Å². The van der Waals surface area contributed by atoms with Gasteiger partial charge in [0.05, 0.1) is 11.4 Å². The summed E-state index contributed by atoms with van der Waals surface area (Å²) in [4.78, 5) is 12.8. The zero-order chi connectivity index (χ0) is 20.1. The minimum atomic E-state index is -0.241. The highest BCUT2D eigenvalue weighted by Gasteiger charge is 2.27. The highest BCUT2D eigenvalue weighted by atomic mass is 19.1. The Morgan fingerprint density at radius 1 is 0.966 bits per heavy atom. The molecule has 0 amide bonds. The van der Waals surface area contributed by atoms with Crippen LogP contribution >= 0.6 is 0 Å². The molecule has 3 heterocycles. The molecule has 0 N–H and O–H groups in total. The molecule has 1 aliphatic heterocycles. The Bertz CT molecular complexity index is 1230. The van der Waals surface area contributed by atoms with Gasteiger partial charge in [-0.2, -0.15) is 0 Å². The number of benzene rings is 2. The van der Waals surface area contributed by atoms with Crippen LogP contribution in [0.25, 0.3) is 28.0 Å². The van der Waals surface area contributed by atoms with E-state index in [0.717, 1.165) is 59.5 Å². The summed E-state index contributed by atoms with van der Waals surface area (Å²) in [5.41, 5.74) is 8.44. The number of ketones is 1. The van der Waals surface area contributed by atoms with E-state index >= 15 is 0 Å². The van der Waals surface area contributed by atoms with Crippen molar-refractivity contribution in [1.29, 1.82) is 0 Å². The smallest absolute Gasteiger partial charge is 0.177 e. The summed E-state index contributed by atoms with van der Waals surface area (Å²) >= 11 is 0. The van der Waals surface area contributed by atoms with Crippen molar-refractivity contribution in [2.45, 2.75) is 39.7 Å². The monoisotopic (exact) mass is 386 g/mol. The van der Waals surface area contributed by atoms with Gasteiger partial charge < -0.3 is 4.57 Å². The summed E-state index contributed by atoms with van der Waals surface area (Å²) in [5.74, 6) is -0.181. The number of rotatable bonds is 3. The minimum Gasteiger partial charge on any atom is -0.325 e. The van der Waals surface area contributed by atoms with E-state index in [1.165, 1.54) is 23.3 Å². The molecule has 146 valence electrons. The third-order valence-corrected chi connectivity index (χ3v) is 5.95. The first-order valence-corrected chi connectivity index (χ1v) is 10.1. The Morgan fingerprint density at radius 3 is 2.34 bits per heavy atom. The Balaban J connectivity index is 1.84. The van der Waals surface area contributed by atoms with Gasteiger partial charge in [0, 0.05) is 30.8 Å². The van der Waals surface area contributed by atoms with Gasteiger partial charge in [0.15, 0.2) is 5.78 Å². The van der Waals surface area contributed by atoms with Crippen LogP contribution in [0.2, 0.25) is 0 Å². The van der Waals surface area contributed by atoms with Crippen molar-refractivity contribution in [2.75, 3.05) is 0 Å². The SMILES string of the molecule is CC(=O)c1c(-c2ccc(C)cc2)c2c3n(c(-c4ccc(F)cc4)cn13)CCCC2. The first-order valence-electron chi connectivity index (χ1n) is 10.1. The fourth-order valence-electron chi connectivity index (χ4n) is 4.61. The number of hydrogen-bond donors (Lipinski definition) is 0. The fourth-order valence-corrected chi connectivity index (χ4v) is 4.61. The molecule has 0 saturated heterocycles. The van der Waals surface area contributed by atoms with Gasteiger partial charge in [-0.05, 0) is 61.6 Å². The maximum atomic E-state index is 13.5. The predicted octanol–water partition coefficient (Wildman–Crippen LogP) is 6.06. The molecule has 0 saturated carbocycles. The Morgan fingerprint density at radius 2 is 1.66 bits per heavy atom. The average molecular weight is 386 g/mol. The van der Waals surface area contributed by atoms with E-state index in [0.29, 0.717) is 0 Å². The van der Waals surface area contributed by atoms with Crippen molar-refractivity contribution >= 4 is 11.4 Å². The Hall–Kier alpha value is -3.14. The topological polar surface area (TPSA) is 26.4 Å². The summed E-state index contributed by atoms with van der Waals surface area (Å²) in [7, 11) is 0. The summed E-state index contributed by atoms with van der Waals surface area (Å²) in [6.45, 7) is 4.61. The standard InChI is InChI=1S/C25H23FN2O/c1-16-6-8-19(9-7-16)23-21-5-3-4-14-27-22(18-10-12-20(26)13-11-18)15-28(25(21)27)24(23)17(2)29/h6-13,15H,3-5,14H2,1-2H3. The van der Waals surface area contributed by atoms with Crippen LogP contribution in [0.4, 0.5) is 4.39 Å². The zero-order valence-corrected chi connectivity index (χ0v) is 16.7. The van der Waals surface area contributed by atoms with Gasteiger partial charge in [-0.15, -0.1) is 0 Å². The van der Waals surface area contributed by atoms with E-state index in [9.17, 15) is 9.18 Å². The van der Waals surface area contributed by atoms with E-state index in [2.05, 4.69) is 40.2 Å². The van der Waals surface area contributed by atoms with Crippen molar-refractivity contribution in [3.05, 3.63) is 77.4 Å². The lowest BCUT2D eigenvalue weighted by molar-refractivity contribution is 0.101. The largest absolute Gasteiger partial charge is 0.325 e. The molecule has 0 spiro atoms. The molecule has 5 rings (SSSR count). The molecular formula is C25H23FN2O. The number of Topliss-reactive ketones (excluding diaryl/α,β-unsaturated/α-hetero) is 1. The van der Waals surface area contributed by atoms with Gasteiger partial charge in [0.2, 0.25) is 0 Å². The molecule has 0 fully saturated rings. The summed E-state index contributed by atoms with van der Waals surface area (Å²) in [6, 6.07) is 15.0. The predicted molar refractivity (Wildman–Crippen MR) is 114 cm³/mol. The molecule has 0 radical (unpaired) electrons. The molecule has 0 atom stereocenters. The second kappa shape index (κ2) is 6.73. The van der Waals surface area contributed by atoms with Gasteiger partial charge in [-0.25, -0.2) is 4.39 Å². The third kappa shape index (κ3) is 2.82. The molecule has 0 unspecified atom stereocenters. The molecule has 2 aromatic heterocycles. The van der Waals surface area contributed by atoms with Gasteiger partial charge in [0.1, 0.15) is 11.5 Å². The number of hydrogen-bond acceptors (Lipinski definition) is 1. The van der Waals surface area contributed by atoms with Crippen molar-refractivity contribution in [3.63, 3.8) is 0 Å². The van der Waals surface area contributed by atoms with Gasteiger partial charge >= 0.3 is 0 Å². The molecule has 0 bridgehead atoms. The Kier molecular flexibility index (Phi) is 4.16. The second-order valence-electron chi connectivity index (χ2n) is 7.95. The quantitative estimate of drug-likeness (QED) is 0.393. The lowest BCUT2D eigenvalue weighted by atomic mass is 9.96. The number of carbonyl (C=O) groups excluding carboxylic acids is 1. The number of carbonyl (C=O) groups is 1. The van der Waals surface area contributed by atoms with Crippen LogP contribution in [-0.2, 0) is 13.0 Å². The van der Waals surface area contributed by atoms with Crippen LogP contribution in [0.3, 0.4) is 0 Å². The number of aryl methyl sites for hydroxylation is 3. The van der Waals surface area contributed by atoms with Crippen molar-refractivity contribution in [2.24, 2.45) is 0 Å². The molecule has 3 nitrogen and oxygen atoms in total. The van der Waals surface area contributed by atoms with Gasteiger partial charge in [0.25, 0.3) is 0 Å². The molecule has 4 aromatic rings. The summed E-state index contributed by atoms with van der Waals surface area (Å²) in [5, 5.41) is 0. The van der Waals surface area contributed by atoms with Crippen LogP contribution in [0, 0.1) is 12.7 Å². The number of nitrogens with zero attached hydrogens (tertiary/aromatic N) is 2. The molecule has 1 aliphatic rings. The second-order valence-corrected chi connectivity index (χ2v) is 7.95. The lowest BCUT2D eigenvalue weighted by Crippen LogP contribution is -2.00. The normalized spacial score (nSPS) is 13.6. The average Bonchev–Trinajstić information content (AvgIpc) is 3.12. The van der Waals surface area contributed by atoms with Crippen LogP contribution in [0.1, 0.15) is 41.4 Å². The Labute approximate surface area is 169 Å². The zero-order valence-electron chi connectivity index (χ0n) is 16.7. The third-order valence-electron chi connectivity index (χ3n) is 5.95. The lowest BCUT2D eigenvalue weighted by Gasteiger charge is -2.09. The number of imidazole rings is 1. The van der Waals surface area contributed by atoms with E-state index < -0.39 is 0 Å². The van der Waals surface area contributed by atoms with Crippen LogP contribution in [-0.4, -0.2) is 14.8 Å². The molecule has 0 aliphatic carbocycles. The first-order chi connectivity index (χ1) is 14.0. The van der Waals surface area contributed by atoms with E-state index in [1.807, 2.05) is 18.3 Å². The number of halogens is 1. The van der Waals surface area contributed by atoms with Gasteiger partial charge in [-0.1, -0.05) is 29.8 Å². The highest BCUT2D eigenvalue weighted by molar-refractivity contribution is 6.03. The highest BCUT2D eigenvalue weighted by Crippen LogP contribution is 2.39. The van der Waals surface area contributed by atoms with E-state index in [-0.39, 0.29) is 11.6 Å². The van der Waals surface area contributed by atoms with Crippen LogP contribution in [0.15, 0.2) is 54.7 Å². The van der Waals surface area contributed by atoms with Crippen molar-refractivity contribution in [3.8, 4) is 22.4 Å². The van der Waals surface area contributed by atoms with E-state index in [1.54, 1.807) is 6.92 Å². The first kappa shape index (κ1) is 17.9. The maximum absolute atomic E-state index is 13.5. The van der Waals surface area contributed by atoms with E-state index in [4.69, 9.17) is 0 Å². The number of aromatic nitrogens is 2.